The predicted molar refractivity (Wildman–Crippen MR) is 80.9 cm³/mol. The summed E-state index contributed by atoms with van der Waals surface area (Å²) in [4.78, 5) is 13.2. The molecule has 0 aromatic carbocycles. The number of hydrogen-bond donors (Lipinski definition) is 1. The largest absolute Gasteiger partial charge is 0.481 e. The van der Waals surface area contributed by atoms with Crippen LogP contribution < -0.4 is 0 Å². The molecular formula is C13H23NO4S2. The van der Waals surface area contributed by atoms with Crippen molar-refractivity contribution >= 4 is 27.6 Å². The second kappa shape index (κ2) is 5.85. The predicted octanol–water partition coefficient (Wildman–Crippen LogP) is 1.09. The van der Waals surface area contributed by atoms with Crippen LogP contribution in [0.15, 0.2) is 0 Å². The normalized spacial score (nSPS) is 33.7. The van der Waals surface area contributed by atoms with Gasteiger partial charge in [-0.3, -0.25) is 9.69 Å². The summed E-state index contributed by atoms with van der Waals surface area (Å²) in [6.07, 6.45) is 1.00. The first kappa shape index (κ1) is 16.1. The van der Waals surface area contributed by atoms with E-state index in [0.717, 1.165) is 17.9 Å². The van der Waals surface area contributed by atoms with Crippen molar-refractivity contribution in [3.05, 3.63) is 0 Å². The van der Waals surface area contributed by atoms with Gasteiger partial charge in [0.2, 0.25) is 0 Å². The van der Waals surface area contributed by atoms with Gasteiger partial charge in [0.1, 0.15) is 0 Å². The summed E-state index contributed by atoms with van der Waals surface area (Å²) in [5.41, 5.74) is 0.114. The van der Waals surface area contributed by atoms with Crippen LogP contribution in [0.5, 0.6) is 0 Å². The van der Waals surface area contributed by atoms with E-state index in [-0.39, 0.29) is 35.4 Å². The standard InChI is InChI=1S/C13H23NO4S2/c1-13(2)3-5-19-8-11(13)14-4-6-20(17,18)9-10(14)7-12(15)16/h10-11H,3-9H2,1-2H3,(H,15,16). The van der Waals surface area contributed by atoms with Gasteiger partial charge in [-0.25, -0.2) is 8.42 Å². The van der Waals surface area contributed by atoms with E-state index in [4.69, 9.17) is 5.11 Å². The third kappa shape index (κ3) is 3.68. The molecule has 2 aliphatic rings. The Morgan fingerprint density at radius 3 is 2.75 bits per heavy atom. The third-order valence-corrected chi connectivity index (χ3v) is 7.20. The van der Waals surface area contributed by atoms with Crippen molar-refractivity contribution < 1.29 is 18.3 Å². The molecule has 0 aromatic rings. The van der Waals surface area contributed by atoms with E-state index in [9.17, 15) is 13.2 Å². The van der Waals surface area contributed by atoms with Gasteiger partial charge in [-0.15, -0.1) is 0 Å². The van der Waals surface area contributed by atoms with E-state index in [1.165, 1.54) is 0 Å². The summed E-state index contributed by atoms with van der Waals surface area (Å²) in [5, 5.41) is 9.06. The van der Waals surface area contributed by atoms with Gasteiger partial charge in [-0.1, -0.05) is 13.8 Å². The number of nitrogens with zero attached hydrogens (tertiary/aromatic N) is 1. The first-order valence-corrected chi connectivity index (χ1v) is 9.94. The summed E-state index contributed by atoms with van der Waals surface area (Å²) >= 11 is 1.88. The van der Waals surface area contributed by atoms with Crippen molar-refractivity contribution in [3.63, 3.8) is 0 Å². The molecule has 116 valence electrons. The molecule has 0 bridgehead atoms. The Labute approximate surface area is 125 Å². The van der Waals surface area contributed by atoms with Crippen LogP contribution in [0, 0.1) is 5.41 Å². The van der Waals surface area contributed by atoms with Crippen LogP contribution in [-0.4, -0.2) is 66.0 Å². The lowest BCUT2D eigenvalue weighted by atomic mass is 9.80. The van der Waals surface area contributed by atoms with Crippen LogP contribution in [0.2, 0.25) is 0 Å². The van der Waals surface area contributed by atoms with E-state index in [0.29, 0.717) is 6.54 Å². The fraction of sp³-hybridized carbons (Fsp3) is 0.923. The van der Waals surface area contributed by atoms with Crippen LogP contribution in [0.25, 0.3) is 0 Å². The summed E-state index contributed by atoms with van der Waals surface area (Å²) < 4.78 is 23.6. The Morgan fingerprint density at radius 2 is 2.15 bits per heavy atom. The fourth-order valence-corrected chi connectivity index (χ4v) is 6.41. The summed E-state index contributed by atoms with van der Waals surface area (Å²) in [7, 11) is -3.10. The molecule has 20 heavy (non-hydrogen) atoms. The highest BCUT2D eigenvalue weighted by atomic mass is 32.2. The molecular weight excluding hydrogens is 298 g/mol. The third-order valence-electron chi connectivity index (χ3n) is 4.45. The van der Waals surface area contributed by atoms with Crippen LogP contribution in [-0.2, 0) is 14.6 Å². The molecule has 7 heteroatoms. The number of rotatable bonds is 3. The zero-order chi connectivity index (χ0) is 15.0. The molecule has 2 saturated heterocycles. The lowest BCUT2D eigenvalue weighted by Gasteiger charge is -2.49. The summed E-state index contributed by atoms with van der Waals surface area (Å²) in [6, 6.07) is -0.115. The molecule has 5 nitrogen and oxygen atoms in total. The minimum Gasteiger partial charge on any atom is -0.481 e. The highest BCUT2D eigenvalue weighted by Crippen LogP contribution is 2.39. The molecule has 2 atom stereocenters. The van der Waals surface area contributed by atoms with Gasteiger partial charge in [-0.05, 0) is 17.6 Å². The van der Waals surface area contributed by atoms with Crippen molar-refractivity contribution in [1.29, 1.82) is 0 Å². The molecule has 0 radical (unpaired) electrons. The highest BCUT2D eigenvalue weighted by Gasteiger charge is 2.43. The molecule has 0 spiro atoms. The number of sulfone groups is 1. The van der Waals surface area contributed by atoms with Crippen molar-refractivity contribution in [2.75, 3.05) is 29.6 Å². The molecule has 0 saturated carbocycles. The smallest absolute Gasteiger partial charge is 0.304 e. The number of aliphatic carboxylic acids is 1. The maximum atomic E-state index is 11.8. The van der Waals surface area contributed by atoms with Crippen LogP contribution >= 0.6 is 11.8 Å². The molecule has 2 rings (SSSR count). The lowest BCUT2D eigenvalue weighted by molar-refractivity contribution is -0.138. The summed E-state index contributed by atoms with van der Waals surface area (Å²) in [6.45, 7) is 4.88. The maximum Gasteiger partial charge on any atom is 0.304 e. The topological polar surface area (TPSA) is 74.7 Å². The van der Waals surface area contributed by atoms with Gasteiger partial charge in [0, 0.05) is 24.4 Å². The monoisotopic (exact) mass is 321 g/mol. The first-order chi connectivity index (χ1) is 9.21. The average Bonchev–Trinajstić information content (AvgIpc) is 2.28. The first-order valence-electron chi connectivity index (χ1n) is 6.97. The van der Waals surface area contributed by atoms with Crippen LogP contribution in [0.3, 0.4) is 0 Å². The van der Waals surface area contributed by atoms with Gasteiger partial charge < -0.3 is 5.11 Å². The highest BCUT2D eigenvalue weighted by molar-refractivity contribution is 7.99. The number of carboxylic acids is 1. The number of carbonyl (C=O) groups is 1. The summed E-state index contributed by atoms with van der Waals surface area (Å²) in [5.74, 6) is 1.30. The quantitative estimate of drug-likeness (QED) is 0.839. The van der Waals surface area contributed by atoms with Crippen molar-refractivity contribution in [3.8, 4) is 0 Å². The zero-order valence-corrected chi connectivity index (χ0v) is 13.7. The van der Waals surface area contributed by atoms with Crippen molar-refractivity contribution in [2.24, 2.45) is 5.41 Å². The number of hydrogen-bond acceptors (Lipinski definition) is 5. The minimum absolute atomic E-state index is 0.0173. The van der Waals surface area contributed by atoms with Gasteiger partial charge in [0.05, 0.1) is 17.9 Å². The van der Waals surface area contributed by atoms with Gasteiger partial charge in [0.25, 0.3) is 0 Å². The molecule has 1 N–H and O–H groups in total. The molecule has 2 unspecified atom stereocenters. The van der Waals surface area contributed by atoms with E-state index < -0.39 is 15.8 Å². The lowest BCUT2D eigenvalue weighted by Crippen LogP contribution is -2.59. The Morgan fingerprint density at radius 1 is 1.45 bits per heavy atom. The maximum absolute atomic E-state index is 11.8. The number of carboxylic acid groups (broad SMARTS) is 1. The molecule has 0 aromatic heterocycles. The Kier molecular flexibility index (Phi) is 4.71. The SMILES string of the molecule is CC1(C)CCSCC1N1CCS(=O)(=O)CC1CC(=O)O. The second-order valence-electron chi connectivity index (χ2n) is 6.43. The second-order valence-corrected chi connectivity index (χ2v) is 9.81. The molecule has 0 aliphatic carbocycles. The van der Waals surface area contributed by atoms with Gasteiger partial charge in [0.15, 0.2) is 9.84 Å². The fourth-order valence-electron chi connectivity index (χ4n) is 3.15. The van der Waals surface area contributed by atoms with Crippen LogP contribution in [0.4, 0.5) is 0 Å². The molecule has 0 amide bonds. The Balaban J connectivity index is 2.20. The van der Waals surface area contributed by atoms with Gasteiger partial charge >= 0.3 is 5.97 Å². The van der Waals surface area contributed by atoms with Gasteiger partial charge in [-0.2, -0.15) is 11.8 Å². The molecule has 2 heterocycles. The van der Waals surface area contributed by atoms with E-state index >= 15 is 0 Å². The molecule has 2 fully saturated rings. The van der Waals surface area contributed by atoms with Crippen molar-refractivity contribution in [1.82, 2.24) is 4.90 Å². The Bertz CT molecular complexity index is 475. The van der Waals surface area contributed by atoms with Crippen molar-refractivity contribution in [2.45, 2.75) is 38.8 Å². The number of thioether (sulfide) groups is 1. The zero-order valence-electron chi connectivity index (χ0n) is 12.0. The van der Waals surface area contributed by atoms with E-state index in [1.807, 2.05) is 11.8 Å². The Hall–Kier alpha value is -0.270. The van der Waals surface area contributed by atoms with E-state index in [2.05, 4.69) is 18.7 Å². The minimum atomic E-state index is -3.10. The molecule has 2 aliphatic heterocycles. The average molecular weight is 321 g/mol. The van der Waals surface area contributed by atoms with E-state index in [1.54, 1.807) is 0 Å². The van der Waals surface area contributed by atoms with Crippen LogP contribution in [0.1, 0.15) is 26.7 Å².